The van der Waals surface area contributed by atoms with Crippen molar-refractivity contribution in [1.82, 2.24) is 5.48 Å². The first-order valence-electron chi connectivity index (χ1n) is 6.76. The van der Waals surface area contributed by atoms with Gasteiger partial charge in [0.2, 0.25) is 0 Å². The van der Waals surface area contributed by atoms with Crippen LogP contribution in [0.1, 0.15) is 12.0 Å². The van der Waals surface area contributed by atoms with Crippen molar-refractivity contribution in [3.05, 3.63) is 29.8 Å². The first kappa shape index (κ1) is 24.7. The van der Waals surface area contributed by atoms with E-state index in [1.54, 1.807) is 23.9 Å². The second-order valence-corrected chi connectivity index (χ2v) is 5.66. The third kappa shape index (κ3) is 11.1. The molecule has 8 nitrogen and oxygen atoms in total. The number of aromatic hydroxyl groups is 1. The number of carboxylic acid groups (broad SMARTS) is 1. The van der Waals surface area contributed by atoms with E-state index in [1.807, 2.05) is 6.26 Å². The summed E-state index contributed by atoms with van der Waals surface area (Å²) in [6, 6.07) is 4.84. The lowest BCUT2D eigenvalue weighted by Gasteiger charge is -2.06. The number of hydrogen-bond donors (Lipinski definition) is 6. The molecule has 0 aromatic heterocycles. The Morgan fingerprint density at radius 1 is 1.21 bits per heavy atom. The molecule has 1 rings (SSSR count). The van der Waals surface area contributed by atoms with Gasteiger partial charge in [-0.1, -0.05) is 12.1 Å². The number of aliphatic carboxylic acids is 1. The highest BCUT2D eigenvalue weighted by Crippen LogP contribution is 2.10. The van der Waals surface area contributed by atoms with Crippen LogP contribution in [0.3, 0.4) is 0 Å². The maximum atomic E-state index is 10.5. The van der Waals surface area contributed by atoms with Gasteiger partial charge in [-0.3, -0.25) is 14.8 Å². The van der Waals surface area contributed by atoms with Crippen molar-refractivity contribution >= 4 is 36.0 Å². The zero-order valence-electron chi connectivity index (χ0n) is 13.2. The minimum Gasteiger partial charge on any atom is -0.508 e. The van der Waals surface area contributed by atoms with E-state index in [0.717, 1.165) is 11.3 Å². The van der Waals surface area contributed by atoms with Gasteiger partial charge in [0.05, 0.1) is 6.04 Å². The Morgan fingerprint density at radius 2 is 1.75 bits per heavy atom. The van der Waals surface area contributed by atoms with Crippen LogP contribution in [0.25, 0.3) is 0 Å². The van der Waals surface area contributed by atoms with E-state index in [9.17, 15) is 9.59 Å². The average molecular weight is 382 g/mol. The number of rotatable bonds is 7. The standard InChI is InChI=1S/C9H11NO3.C5H12N2O2S.ClH/c10-8(9(12)13)5-6-1-3-7(11)4-2-6;1-10-3-2-4(6)5(8)7-9;/h1-4,8,11H,5,10H2,(H,12,13);4,9H,2-3,6H2,1H3,(H,7,8);1H/t8-;;/m0../s1. The molecule has 0 aliphatic rings. The van der Waals surface area contributed by atoms with E-state index in [1.165, 1.54) is 17.6 Å². The molecule has 0 spiro atoms. The maximum absolute atomic E-state index is 10.5. The molecule has 2 atom stereocenters. The zero-order chi connectivity index (χ0) is 17.8. The zero-order valence-corrected chi connectivity index (χ0v) is 14.8. The van der Waals surface area contributed by atoms with Crippen LogP contribution in [0, 0.1) is 0 Å². The summed E-state index contributed by atoms with van der Waals surface area (Å²) in [5.74, 6) is -0.552. The largest absolute Gasteiger partial charge is 0.508 e. The van der Waals surface area contributed by atoms with Crippen molar-refractivity contribution in [3.63, 3.8) is 0 Å². The van der Waals surface area contributed by atoms with Gasteiger partial charge in [-0.15, -0.1) is 12.4 Å². The molecule has 138 valence electrons. The van der Waals surface area contributed by atoms with Gasteiger partial charge in [0, 0.05) is 0 Å². The van der Waals surface area contributed by atoms with Crippen LogP contribution in [0.15, 0.2) is 24.3 Å². The smallest absolute Gasteiger partial charge is 0.320 e. The van der Waals surface area contributed by atoms with Crippen LogP contribution in [0.4, 0.5) is 0 Å². The summed E-state index contributed by atoms with van der Waals surface area (Å²) < 4.78 is 0. The van der Waals surface area contributed by atoms with Crippen LogP contribution in [0.5, 0.6) is 5.75 Å². The summed E-state index contributed by atoms with van der Waals surface area (Å²) >= 11 is 1.62. The van der Waals surface area contributed by atoms with E-state index in [0.29, 0.717) is 6.42 Å². The number of hydroxylamine groups is 1. The van der Waals surface area contributed by atoms with Gasteiger partial charge in [0.15, 0.2) is 0 Å². The molecule has 0 aliphatic heterocycles. The second-order valence-electron chi connectivity index (χ2n) is 4.68. The number of nitrogens with two attached hydrogens (primary N) is 2. The van der Waals surface area contributed by atoms with Gasteiger partial charge in [0.1, 0.15) is 11.8 Å². The number of phenolic OH excluding ortho intramolecular Hbond substituents is 1. The molecule has 0 fully saturated rings. The number of amides is 1. The molecule has 0 aliphatic carbocycles. The van der Waals surface area contributed by atoms with Crippen LogP contribution in [0.2, 0.25) is 0 Å². The molecule has 24 heavy (non-hydrogen) atoms. The third-order valence-electron chi connectivity index (χ3n) is 2.79. The van der Waals surface area contributed by atoms with Crippen LogP contribution < -0.4 is 16.9 Å². The van der Waals surface area contributed by atoms with Crippen molar-refractivity contribution < 1.29 is 25.0 Å². The van der Waals surface area contributed by atoms with Gasteiger partial charge < -0.3 is 21.7 Å². The molecule has 0 radical (unpaired) electrons. The van der Waals surface area contributed by atoms with Crippen LogP contribution in [-0.2, 0) is 16.0 Å². The van der Waals surface area contributed by atoms with Crippen molar-refractivity contribution in [1.29, 1.82) is 0 Å². The Kier molecular flexibility index (Phi) is 14.3. The summed E-state index contributed by atoms with van der Waals surface area (Å²) in [5, 5.41) is 25.6. The molecule has 1 unspecified atom stereocenters. The molecular formula is C14H24ClN3O5S. The highest BCUT2D eigenvalue weighted by Gasteiger charge is 2.11. The number of carboxylic acids is 1. The van der Waals surface area contributed by atoms with Crippen molar-refractivity contribution in [3.8, 4) is 5.75 Å². The van der Waals surface area contributed by atoms with Crippen LogP contribution >= 0.6 is 24.2 Å². The van der Waals surface area contributed by atoms with Crippen molar-refractivity contribution in [2.45, 2.75) is 24.9 Å². The molecule has 1 amide bonds. The van der Waals surface area contributed by atoms with E-state index in [4.69, 9.17) is 26.9 Å². The van der Waals surface area contributed by atoms with Crippen molar-refractivity contribution in [2.75, 3.05) is 12.0 Å². The Morgan fingerprint density at radius 3 is 2.17 bits per heavy atom. The number of halogens is 1. The van der Waals surface area contributed by atoms with Gasteiger partial charge in [-0.25, -0.2) is 5.48 Å². The monoisotopic (exact) mass is 381 g/mol. The quantitative estimate of drug-likeness (QED) is 0.291. The number of thioether (sulfide) groups is 1. The summed E-state index contributed by atoms with van der Waals surface area (Å²) in [6.45, 7) is 0. The molecular weight excluding hydrogens is 358 g/mol. The second kappa shape index (κ2) is 13.9. The van der Waals surface area contributed by atoms with Crippen molar-refractivity contribution in [2.24, 2.45) is 11.5 Å². The molecule has 0 saturated carbocycles. The SMILES string of the molecule is CSCCC(N)C(=O)NO.Cl.N[C@@H](Cc1ccc(O)cc1)C(=O)O. The van der Waals surface area contributed by atoms with E-state index >= 15 is 0 Å². The third-order valence-corrected chi connectivity index (χ3v) is 3.43. The predicted molar refractivity (Wildman–Crippen MR) is 95.6 cm³/mol. The molecule has 0 heterocycles. The number of phenols is 1. The van der Waals surface area contributed by atoms with Gasteiger partial charge in [0.25, 0.3) is 5.91 Å². The van der Waals surface area contributed by atoms with Gasteiger partial charge in [-0.2, -0.15) is 11.8 Å². The number of nitrogens with one attached hydrogen (secondary N) is 1. The lowest BCUT2D eigenvalue weighted by atomic mass is 10.1. The Hall–Kier alpha value is -1.52. The molecule has 10 heteroatoms. The highest BCUT2D eigenvalue weighted by molar-refractivity contribution is 7.98. The van der Waals surface area contributed by atoms with Gasteiger partial charge in [-0.05, 0) is 42.5 Å². The Bertz CT molecular complexity index is 490. The van der Waals surface area contributed by atoms with Gasteiger partial charge >= 0.3 is 5.97 Å². The summed E-state index contributed by atoms with van der Waals surface area (Å²) in [4.78, 5) is 20.9. The van der Waals surface area contributed by atoms with Crippen LogP contribution in [-0.4, -0.2) is 51.4 Å². The fourth-order valence-electron chi connectivity index (χ4n) is 1.43. The predicted octanol–water partition coefficient (Wildman–Crippen LogP) is 0.341. The molecule has 1 aromatic rings. The van der Waals surface area contributed by atoms with E-state index in [-0.39, 0.29) is 24.6 Å². The lowest BCUT2D eigenvalue weighted by molar-refractivity contribution is -0.138. The normalized spacial score (nSPS) is 12.0. The number of hydrogen-bond acceptors (Lipinski definition) is 7. The molecule has 0 saturated heterocycles. The Labute approximate surface area is 151 Å². The van der Waals surface area contributed by atoms with E-state index < -0.39 is 24.0 Å². The molecule has 1 aromatic carbocycles. The lowest BCUT2D eigenvalue weighted by Crippen LogP contribution is -2.39. The minimum absolute atomic E-state index is 0. The van der Waals surface area contributed by atoms with E-state index in [2.05, 4.69) is 0 Å². The molecule has 0 bridgehead atoms. The first-order valence-corrected chi connectivity index (χ1v) is 8.16. The first-order chi connectivity index (χ1) is 10.8. The average Bonchev–Trinajstić information content (AvgIpc) is 2.54. The fraction of sp³-hybridized carbons (Fsp3) is 0.429. The fourth-order valence-corrected chi connectivity index (χ4v) is 1.92. The summed E-state index contributed by atoms with van der Waals surface area (Å²) in [7, 11) is 0. The number of carbonyl (C=O) groups is 2. The number of benzene rings is 1. The summed E-state index contributed by atoms with van der Waals surface area (Å²) in [5.41, 5.74) is 13.0. The Balaban J connectivity index is 0. The highest BCUT2D eigenvalue weighted by atomic mass is 35.5. The number of carbonyl (C=O) groups excluding carboxylic acids is 1. The minimum atomic E-state index is -1.02. The summed E-state index contributed by atoms with van der Waals surface area (Å²) in [6.07, 6.45) is 2.80. The molecule has 8 N–H and O–H groups in total. The topological polar surface area (TPSA) is 159 Å². The maximum Gasteiger partial charge on any atom is 0.320 e.